The van der Waals surface area contributed by atoms with Gasteiger partial charge in [0.1, 0.15) is 0 Å². The van der Waals surface area contributed by atoms with Crippen LogP contribution in [0, 0.1) is 13.8 Å². The van der Waals surface area contributed by atoms with Crippen LogP contribution >= 0.6 is 0 Å². The van der Waals surface area contributed by atoms with Gasteiger partial charge < -0.3 is 9.80 Å². The predicted octanol–water partition coefficient (Wildman–Crippen LogP) is 5.15. The summed E-state index contributed by atoms with van der Waals surface area (Å²) in [4.78, 5) is 5.20. The molecule has 2 nitrogen and oxygen atoms in total. The molecule has 0 N–H and O–H groups in total. The molecule has 1 aliphatic carbocycles. The summed E-state index contributed by atoms with van der Waals surface area (Å²) < 4.78 is 0. The molecule has 4 rings (SSSR count). The summed E-state index contributed by atoms with van der Waals surface area (Å²) >= 11 is 0. The number of aryl methyl sites for hydroxylation is 2. The van der Waals surface area contributed by atoms with E-state index in [-0.39, 0.29) is 11.0 Å². The highest BCUT2D eigenvalue weighted by atomic mass is 15.3. The second-order valence-corrected chi connectivity index (χ2v) is 8.59. The van der Waals surface area contributed by atoms with Gasteiger partial charge in [-0.05, 0) is 62.1 Å². The molecule has 0 radical (unpaired) electrons. The molecule has 1 heterocycles. The van der Waals surface area contributed by atoms with E-state index in [4.69, 9.17) is 0 Å². The lowest BCUT2D eigenvalue weighted by Crippen LogP contribution is -2.63. The van der Waals surface area contributed by atoms with Gasteiger partial charge in [0.2, 0.25) is 0 Å². The number of anilines is 2. The second-order valence-electron chi connectivity index (χ2n) is 8.59. The number of nitrogens with zero attached hydrogens (tertiary/aromatic N) is 2. The standard InChI is InChI=1S/C23H30N2/c1-8-25-20-14-16(3)15(2)13-19(20)24(7)23(6)18-12-10-9-11-17(18)22(4,5)21(23)25/h9-14,21H,8H2,1-7H3/t21?,23-/m0/s1. The second kappa shape index (κ2) is 5.03. The molecule has 132 valence electrons. The minimum absolute atomic E-state index is 0.0230. The highest BCUT2D eigenvalue weighted by Gasteiger charge is 2.60. The highest BCUT2D eigenvalue weighted by Crippen LogP contribution is 2.58. The normalized spacial score (nSPS) is 26.3. The first-order valence-electron chi connectivity index (χ1n) is 9.46. The Hall–Kier alpha value is -1.96. The molecule has 2 aromatic carbocycles. The molecule has 0 bridgehead atoms. The lowest BCUT2D eigenvalue weighted by atomic mass is 9.75. The molecule has 0 saturated carbocycles. The summed E-state index contributed by atoms with van der Waals surface area (Å²) in [5.41, 5.74) is 8.55. The van der Waals surface area contributed by atoms with Crippen LogP contribution in [0.1, 0.15) is 49.9 Å². The van der Waals surface area contributed by atoms with E-state index in [1.807, 2.05) is 0 Å². The lowest BCUT2D eigenvalue weighted by Gasteiger charge is -2.56. The van der Waals surface area contributed by atoms with Crippen LogP contribution in [0.25, 0.3) is 0 Å². The molecule has 2 heteroatoms. The van der Waals surface area contributed by atoms with Gasteiger partial charge in [-0.2, -0.15) is 0 Å². The largest absolute Gasteiger partial charge is 0.364 e. The molecule has 2 aliphatic rings. The highest BCUT2D eigenvalue weighted by molar-refractivity contribution is 5.80. The van der Waals surface area contributed by atoms with Gasteiger partial charge >= 0.3 is 0 Å². The summed E-state index contributed by atoms with van der Waals surface area (Å²) in [5.74, 6) is 0. The van der Waals surface area contributed by atoms with Crippen molar-refractivity contribution in [2.45, 2.75) is 58.5 Å². The summed E-state index contributed by atoms with van der Waals surface area (Å²) in [7, 11) is 2.28. The van der Waals surface area contributed by atoms with Crippen molar-refractivity contribution >= 4 is 11.4 Å². The van der Waals surface area contributed by atoms with E-state index in [1.54, 1.807) is 0 Å². The number of likely N-dealkylation sites (N-methyl/N-ethyl adjacent to an activating group) is 2. The average Bonchev–Trinajstić information content (AvgIpc) is 2.77. The quantitative estimate of drug-likeness (QED) is 0.711. The van der Waals surface area contributed by atoms with Crippen LogP contribution < -0.4 is 9.80 Å². The van der Waals surface area contributed by atoms with Gasteiger partial charge in [0.15, 0.2) is 0 Å². The van der Waals surface area contributed by atoms with Gasteiger partial charge in [0.05, 0.1) is 23.0 Å². The van der Waals surface area contributed by atoms with E-state index in [2.05, 4.69) is 94.8 Å². The monoisotopic (exact) mass is 334 g/mol. The van der Waals surface area contributed by atoms with Gasteiger partial charge in [-0.25, -0.2) is 0 Å². The first-order chi connectivity index (χ1) is 11.7. The van der Waals surface area contributed by atoms with Crippen LogP contribution in [-0.2, 0) is 11.0 Å². The van der Waals surface area contributed by atoms with Gasteiger partial charge in [-0.3, -0.25) is 0 Å². The van der Waals surface area contributed by atoms with E-state index >= 15 is 0 Å². The SMILES string of the molecule is CCN1c2cc(C)c(C)cc2N(C)[C@@]2(C)c3ccccc3C(C)(C)C12. The number of hydrogen-bond donors (Lipinski definition) is 0. The minimum Gasteiger partial charge on any atom is -0.364 e. The molecule has 0 fully saturated rings. The summed E-state index contributed by atoms with van der Waals surface area (Å²) in [6.45, 7) is 15.1. The Morgan fingerprint density at radius 1 is 0.920 bits per heavy atom. The van der Waals surface area contributed by atoms with Crippen LogP contribution in [0.2, 0.25) is 0 Å². The zero-order valence-electron chi connectivity index (χ0n) is 16.6. The summed E-state index contributed by atoms with van der Waals surface area (Å²) in [5, 5.41) is 0. The fourth-order valence-corrected chi connectivity index (χ4v) is 5.57. The van der Waals surface area contributed by atoms with Crippen molar-refractivity contribution in [3.63, 3.8) is 0 Å². The average molecular weight is 335 g/mol. The van der Waals surface area contributed by atoms with Crippen molar-refractivity contribution in [1.82, 2.24) is 0 Å². The maximum absolute atomic E-state index is 2.65. The molecule has 1 unspecified atom stereocenters. The molecule has 25 heavy (non-hydrogen) atoms. The van der Waals surface area contributed by atoms with E-state index in [1.165, 1.54) is 33.6 Å². The fourth-order valence-electron chi connectivity index (χ4n) is 5.57. The number of hydrogen-bond acceptors (Lipinski definition) is 2. The molecular formula is C23H30N2. The minimum atomic E-state index is -0.0230. The van der Waals surface area contributed by atoms with E-state index < -0.39 is 0 Å². The van der Waals surface area contributed by atoms with Gasteiger partial charge in [-0.15, -0.1) is 0 Å². The van der Waals surface area contributed by atoms with Crippen molar-refractivity contribution in [3.8, 4) is 0 Å². The van der Waals surface area contributed by atoms with Crippen LogP contribution in [0.3, 0.4) is 0 Å². The third-order valence-electron chi connectivity index (χ3n) is 6.99. The Morgan fingerprint density at radius 3 is 2.08 bits per heavy atom. The summed E-state index contributed by atoms with van der Waals surface area (Å²) in [6, 6.07) is 14.3. The van der Waals surface area contributed by atoms with Crippen molar-refractivity contribution in [1.29, 1.82) is 0 Å². The van der Waals surface area contributed by atoms with Crippen LogP contribution in [0.5, 0.6) is 0 Å². The molecule has 1 aliphatic heterocycles. The number of benzene rings is 2. The predicted molar refractivity (Wildman–Crippen MR) is 108 cm³/mol. The molecule has 0 saturated heterocycles. The lowest BCUT2D eigenvalue weighted by molar-refractivity contribution is 0.279. The first-order valence-corrected chi connectivity index (χ1v) is 9.46. The Morgan fingerprint density at radius 2 is 1.48 bits per heavy atom. The smallest absolute Gasteiger partial charge is 0.0837 e. The molecule has 2 aromatic rings. The molecule has 0 aromatic heterocycles. The van der Waals surface area contributed by atoms with E-state index in [0.717, 1.165) is 6.54 Å². The van der Waals surface area contributed by atoms with Crippen molar-refractivity contribution in [2.75, 3.05) is 23.4 Å². The third-order valence-corrected chi connectivity index (χ3v) is 6.99. The number of fused-ring (bicyclic) bond motifs is 4. The number of rotatable bonds is 1. The fraction of sp³-hybridized carbons (Fsp3) is 0.478. The molecular weight excluding hydrogens is 304 g/mol. The topological polar surface area (TPSA) is 6.48 Å². The zero-order valence-corrected chi connectivity index (χ0v) is 16.6. The molecule has 2 atom stereocenters. The Bertz CT molecular complexity index is 851. The van der Waals surface area contributed by atoms with Gasteiger partial charge in [0.25, 0.3) is 0 Å². The molecule has 0 spiro atoms. The van der Waals surface area contributed by atoms with Gasteiger partial charge in [-0.1, -0.05) is 38.1 Å². The van der Waals surface area contributed by atoms with Gasteiger partial charge in [0, 0.05) is 19.0 Å². The Kier molecular flexibility index (Phi) is 3.32. The third kappa shape index (κ3) is 1.86. The van der Waals surface area contributed by atoms with Crippen LogP contribution in [-0.4, -0.2) is 19.6 Å². The first kappa shape index (κ1) is 16.5. The maximum Gasteiger partial charge on any atom is 0.0837 e. The zero-order chi connectivity index (χ0) is 18.1. The Labute approximate surface area is 152 Å². The van der Waals surface area contributed by atoms with Crippen molar-refractivity contribution in [3.05, 3.63) is 58.7 Å². The summed E-state index contributed by atoms with van der Waals surface area (Å²) in [6.07, 6.45) is 0. The van der Waals surface area contributed by atoms with Crippen LogP contribution in [0.15, 0.2) is 36.4 Å². The van der Waals surface area contributed by atoms with E-state index in [9.17, 15) is 0 Å². The van der Waals surface area contributed by atoms with E-state index in [0.29, 0.717) is 6.04 Å². The Balaban J connectivity index is 2.05. The maximum atomic E-state index is 2.65. The molecule has 0 amide bonds. The van der Waals surface area contributed by atoms with Crippen LogP contribution in [0.4, 0.5) is 11.4 Å². The van der Waals surface area contributed by atoms with Crippen molar-refractivity contribution < 1.29 is 0 Å². The van der Waals surface area contributed by atoms with Crippen molar-refractivity contribution in [2.24, 2.45) is 0 Å².